The molecule has 1 N–H and O–H groups in total. The summed E-state index contributed by atoms with van der Waals surface area (Å²) in [6, 6.07) is 0.553. The Bertz CT molecular complexity index is 630. The van der Waals surface area contributed by atoms with Crippen LogP contribution in [0.5, 0.6) is 0 Å². The second kappa shape index (κ2) is 11.5. The van der Waals surface area contributed by atoms with Gasteiger partial charge in [-0.2, -0.15) is 4.31 Å². The number of nitrogens with zero attached hydrogens (tertiary/aromatic N) is 3. The molecule has 2 aliphatic carbocycles. The number of rotatable bonds is 7. The summed E-state index contributed by atoms with van der Waals surface area (Å²) < 4.78 is 32.0. The van der Waals surface area contributed by atoms with Crippen molar-refractivity contribution < 1.29 is 13.2 Å². The molecule has 0 amide bonds. The van der Waals surface area contributed by atoms with Gasteiger partial charge in [-0.25, -0.2) is 8.42 Å². The largest absolute Gasteiger partial charge is 0.378 e. The van der Waals surface area contributed by atoms with Crippen LogP contribution in [0.3, 0.4) is 0 Å². The summed E-state index contributed by atoms with van der Waals surface area (Å²) >= 11 is 0. The minimum atomic E-state index is -3.25. The third-order valence-corrected chi connectivity index (χ3v) is 8.18. The first-order valence-electron chi connectivity index (χ1n) is 11.0. The summed E-state index contributed by atoms with van der Waals surface area (Å²) in [5.74, 6) is 2.69. The van der Waals surface area contributed by atoms with Gasteiger partial charge in [0.2, 0.25) is 10.0 Å². The molecule has 0 aromatic carbocycles. The van der Waals surface area contributed by atoms with E-state index in [4.69, 9.17) is 4.74 Å². The van der Waals surface area contributed by atoms with Crippen LogP contribution >= 0.6 is 24.0 Å². The van der Waals surface area contributed by atoms with Gasteiger partial charge in [0.05, 0.1) is 18.5 Å². The lowest BCUT2D eigenvalue weighted by Gasteiger charge is -2.36. The van der Waals surface area contributed by atoms with Crippen LogP contribution in [0.4, 0.5) is 0 Å². The Morgan fingerprint density at radius 1 is 1.14 bits per heavy atom. The molecular formula is C20H39IN4O3S. The number of hydrogen-bond acceptors (Lipinski definition) is 4. The second-order valence-corrected chi connectivity index (χ2v) is 10.8. The molecule has 9 heteroatoms. The molecule has 2 saturated carbocycles. The number of guanidine groups is 1. The molecule has 3 aliphatic rings. The first-order chi connectivity index (χ1) is 13.4. The molecule has 0 spiro atoms. The Morgan fingerprint density at radius 3 is 2.38 bits per heavy atom. The highest BCUT2D eigenvalue weighted by atomic mass is 127. The van der Waals surface area contributed by atoms with Crippen molar-refractivity contribution >= 4 is 40.0 Å². The molecule has 1 aliphatic heterocycles. The van der Waals surface area contributed by atoms with Gasteiger partial charge >= 0.3 is 0 Å². The number of ether oxygens (including phenoxy) is 1. The van der Waals surface area contributed by atoms with E-state index in [9.17, 15) is 8.42 Å². The number of piperazine rings is 1. The van der Waals surface area contributed by atoms with Crippen LogP contribution in [-0.2, 0) is 14.8 Å². The van der Waals surface area contributed by atoms with Gasteiger partial charge in [0.1, 0.15) is 0 Å². The highest BCUT2D eigenvalue weighted by Crippen LogP contribution is 2.44. The summed E-state index contributed by atoms with van der Waals surface area (Å²) in [7, 11) is -1.42. The highest BCUT2D eigenvalue weighted by molar-refractivity contribution is 14.0. The van der Waals surface area contributed by atoms with Crippen molar-refractivity contribution in [2.75, 3.05) is 45.6 Å². The van der Waals surface area contributed by atoms with Crippen molar-refractivity contribution in [1.82, 2.24) is 14.5 Å². The van der Waals surface area contributed by atoms with Gasteiger partial charge in [0.25, 0.3) is 0 Å². The SMILES string of the molecule is CN=C(NC1CC1C1CCCCC1)N1CCN(S(=O)(=O)CCOC(C)C)CC1.I. The molecule has 170 valence electrons. The van der Waals surface area contributed by atoms with Crippen molar-refractivity contribution in [1.29, 1.82) is 0 Å². The van der Waals surface area contributed by atoms with E-state index in [0.29, 0.717) is 32.2 Å². The number of hydrogen-bond donors (Lipinski definition) is 1. The van der Waals surface area contributed by atoms with Gasteiger partial charge in [-0.15, -0.1) is 24.0 Å². The van der Waals surface area contributed by atoms with Crippen LogP contribution in [0.25, 0.3) is 0 Å². The van der Waals surface area contributed by atoms with Gasteiger partial charge in [-0.3, -0.25) is 4.99 Å². The molecule has 0 bridgehead atoms. The van der Waals surface area contributed by atoms with E-state index in [1.807, 2.05) is 20.9 Å². The van der Waals surface area contributed by atoms with E-state index >= 15 is 0 Å². The Kier molecular flexibility index (Phi) is 9.95. The van der Waals surface area contributed by atoms with Crippen LogP contribution in [0.15, 0.2) is 4.99 Å². The van der Waals surface area contributed by atoms with E-state index in [0.717, 1.165) is 17.8 Å². The topological polar surface area (TPSA) is 74.2 Å². The molecule has 0 aromatic rings. The Morgan fingerprint density at radius 2 is 1.79 bits per heavy atom. The van der Waals surface area contributed by atoms with Gasteiger partial charge in [-0.05, 0) is 32.1 Å². The lowest BCUT2D eigenvalue weighted by molar-refractivity contribution is 0.0904. The van der Waals surface area contributed by atoms with Crippen LogP contribution in [-0.4, -0.2) is 81.3 Å². The number of halogens is 1. The van der Waals surface area contributed by atoms with Crippen LogP contribution < -0.4 is 5.32 Å². The van der Waals surface area contributed by atoms with Crippen LogP contribution in [0, 0.1) is 11.8 Å². The lowest BCUT2D eigenvalue weighted by Crippen LogP contribution is -2.54. The molecule has 2 unspecified atom stereocenters. The van der Waals surface area contributed by atoms with Crippen LogP contribution in [0.2, 0.25) is 0 Å². The maximum absolute atomic E-state index is 12.5. The Labute approximate surface area is 194 Å². The average molecular weight is 543 g/mol. The van der Waals surface area contributed by atoms with E-state index in [-0.39, 0.29) is 42.4 Å². The summed E-state index contributed by atoms with van der Waals surface area (Å²) in [5, 5.41) is 3.65. The predicted octanol–water partition coefficient (Wildman–Crippen LogP) is 2.52. The smallest absolute Gasteiger partial charge is 0.216 e. The summed E-state index contributed by atoms with van der Waals surface area (Å²) in [6.07, 6.45) is 8.27. The minimum absolute atomic E-state index is 0. The number of nitrogens with one attached hydrogen (secondary N) is 1. The quantitative estimate of drug-likeness (QED) is 0.304. The number of sulfonamides is 1. The number of aliphatic imine (C=N–C) groups is 1. The summed E-state index contributed by atoms with van der Waals surface area (Å²) in [6.45, 7) is 6.50. The highest BCUT2D eigenvalue weighted by Gasteiger charge is 2.44. The van der Waals surface area contributed by atoms with Gasteiger partial charge < -0.3 is 15.0 Å². The third-order valence-electron chi connectivity index (χ3n) is 6.35. The minimum Gasteiger partial charge on any atom is -0.378 e. The molecule has 2 atom stereocenters. The summed E-state index contributed by atoms with van der Waals surface area (Å²) in [4.78, 5) is 6.67. The van der Waals surface area contributed by atoms with Crippen molar-refractivity contribution in [3.05, 3.63) is 0 Å². The van der Waals surface area contributed by atoms with E-state index in [2.05, 4.69) is 15.2 Å². The van der Waals surface area contributed by atoms with E-state index in [1.54, 1.807) is 4.31 Å². The standard InChI is InChI=1S/C20H38N4O3S.HI/c1-16(2)27-13-14-28(25,26)24-11-9-23(10-12-24)20(21-3)22-19-15-18(19)17-7-5-4-6-8-17;/h16-19H,4-15H2,1-3H3,(H,21,22);1H. The molecule has 1 saturated heterocycles. The van der Waals surface area contributed by atoms with Crippen molar-refractivity contribution in [2.24, 2.45) is 16.8 Å². The van der Waals surface area contributed by atoms with Crippen molar-refractivity contribution in [2.45, 2.75) is 64.5 Å². The van der Waals surface area contributed by atoms with Crippen LogP contribution in [0.1, 0.15) is 52.4 Å². The molecule has 7 nitrogen and oxygen atoms in total. The fourth-order valence-corrected chi connectivity index (χ4v) is 5.91. The fourth-order valence-electron chi connectivity index (χ4n) is 4.62. The van der Waals surface area contributed by atoms with Crippen molar-refractivity contribution in [3.63, 3.8) is 0 Å². The molecule has 3 rings (SSSR count). The molecule has 29 heavy (non-hydrogen) atoms. The zero-order chi connectivity index (χ0) is 20.1. The van der Waals surface area contributed by atoms with Gasteiger partial charge in [0, 0.05) is 39.3 Å². The van der Waals surface area contributed by atoms with E-state index < -0.39 is 10.0 Å². The normalized spacial score (nSPS) is 27.0. The predicted molar refractivity (Wildman–Crippen MR) is 128 cm³/mol. The van der Waals surface area contributed by atoms with Crippen molar-refractivity contribution in [3.8, 4) is 0 Å². The lowest BCUT2D eigenvalue weighted by atomic mass is 9.85. The molecule has 0 radical (unpaired) electrons. The van der Waals surface area contributed by atoms with Gasteiger partial charge in [0.15, 0.2) is 5.96 Å². The zero-order valence-corrected chi connectivity index (χ0v) is 21.3. The Hall–Kier alpha value is -0.130. The second-order valence-electron chi connectivity index (χ2n) is 8.72. The van der Waals surface area contributed by atoms with Gasteiger partial charge in [-0.1, -0.05) is 32.1 Å². The average Bonchev–Trinajstić information content (AvgIpc) is 3.46. The third kappa shape index (κ3) is 7.21. The maximum atomic E-state index is 12.5. The zero-order valence-electron chi connectivity index (χ0n) is 18.2. The first-order valence-corrected chi connectivity index (χ1v) is 12.6. The molecule has 0 aromatic heterocycles. The molecule has 1 heterocycles. The summed E-state index contributed by atoms with van der Waals surface area (Å²) in [5.41, 5.74) is 0. The molecular weight excluding hydrogens is 503 g/mol. The molecule has 3 fully saturated rings. The van der Waals surface area contributed by atoms with E-state index in [1.165, 1.54) is 38.5 Å². The Balaban J connectivity index is 0.00000300. The maximum Gasteiger partial charge on any atom is 0.216 e. The monoisotopic (exact) mass is 542 g/mol. The first kappa shape index (κ1) is 25.1. The fraction of sp³-hybridized carbons (Fsp3) is 0.950.